The van der Waals surface area contributed by atoms with E-state index in [1.54, 1.807) is 12.1 Å². The van der Waals surface area contributed by atoms with Crippen LogP contribution in [-0.4, -0.2) is 48.1 Å². The first-order chi connectivity index (χ1) is 12.8. The summed E-state index contributed by atoms with van der Waals surface area (Å²) in [6.07, 6.45) is -0.481. The SMILES string of the molecule is CC(C)CC(NC(=O)CNC(=O)CNC(=O)OCc1ccccc1)C(=O)O. The molecule has 1 aromatic rings. The van der Waals surface area contributed by atoms with Crippen LogP contribution in [0, 0.1) is 5.92 Å². The topological polar surface area (TPSA) is 134 Å². The number of nitrogens with one attached hydrogen (secondary N) is 3. The maximum atomic E-state index is 11.7. The molecular formula is C18H25N3O6. The van der Waals surface area contributed by atoms with Gasteiger partial charge in [-0.05, 0) is 17.9 Å². The molecule has 0 spiro atoms. The lowest BCUT2D eigenvalue weighted by Gasteiger charge is -2.16. The molecule has 1 unspecified atom stereocenters. The molecule has 27 heavy (non-hydrogen) atoms. The number of hydrogen-bond acceptors (Lipinski definition) is 5. The van der Waals surface area contributed by atoms with Crippen LogP contribution in [0.4, 0.5) is 4.79 Å². The van der Waals surface area contributed by atoms with Crippen molar-refractivity contribution in [3.63, 3.8) is 0 Å². The van der Waals surface area contributed by atoms with Gasteiger partial charge in [0.2, 0.25) is 11.8 Å². The minimum atomic E-state index is -1.13. The summed E-state index contributed by atoms with van der Waals surface area (Å²) in [6.45, 7) is 3.00. The van der Waals surface area contributed by atoms with Crippen molar-refractivity contribution in [2.24, 2.45) is 5.92 Å². The van der Waals surface area contributed by atoms with Gasteiger partial charge in [-0.25, -0.2) is 9.59 Å². The second-order valence-corrected chi connectivity index (χ2v) is 6.28. The highest BCUT2D eigenvalue weighted by atomic mass is 16.5. The summed E-state index contributed by atoms with van der Waals surface area (Å²) in [5, 5.41) is 16.0. The van der Waals surface area contributed by atoms with E-state index in [1.165, 1.54) is 0 Å². The minimum Gasteiger partial charge on any atom is -0.480 e. The zero-order valence-electron chi connectivity index (χ0n) is 15.4. The highest BCUT2D eigenvalue weighted by Gasteiger charge is 2.21. The highest BCUT2D eigenvalue weighted by molar-refractivity contribution is 5.89. The molecule has 4 N–H and O–H groups in total. The molecule has 0 fully saturated rings. The van der Waals surface area contributed by atoms with Crippen LogP contribution in [0.3, 0.4) is 0 Å². The Balaban J connectivity index is 2.24. The average Bonchev–Trinajstić information content (AvgIpc) is 2.62. The molecule has 9 heteroatoms. The second-order valence-electron chi connectivity index (χ2n) is 6.28. The summed E-state index contributed by atoms with van der Waals surface area (Å²) in [5.41, 5.74) is 0.808. The first-order valence-corrected chi connectivity index (χ1v) is 8.51. The molecule has 0 radical (unpaired) electrons. The lowest BCUT2D eigenvalue weighted by atomic mass is 10.0. The van der Waals surface area contributed by atoms with Gasteiger partial charge in [0.15, 0.2) is 0 Å². The molecule has 1 atom stereocenters. The molecule has 0 aromatic heterocycles. The first-order valence-electron chi connectivity index (χ1n) is 8.51. The van der Waals surface area contributed by atoms with Crippen molar-refractivity contribution in [3.8, 4) is 0 Å². The van der Waals surface area contributed by atoms with E-state index in [4.69, 9.17) is 9.84 Å². The van der Waals surface area contributed by atoms with Gasteiger partial charge in [-0.1, -0.05) is 44.2 Å². The summed E-state index contributed by atoms with van der Waals surface area (Å²) in [7, 11) is 0. The van der Waals surface area contributed by atoms with Gasteiger partial charge in [-0.2, -0.15) is 0 Å². The largest absolute Gasteiger partial charge is 0.480 e. The maximum absolute atomic E-state index is 11.7. The predicted molar refractivity (Wildman–Crippen MR) is 96.7 cm³/mol. The van der Waals surface area contributed by atoms with Crippen LogP contribution < -0.4 is 16.0 Å². The molecule has 0 saturated carbocycles. The molecular weight excluding hydrogens is 354 g/mol. The van der Waals surface area contributed by atoms with E-state index < -0.39 is 29.9 Å². The number of carboxylic acid groups (broad SMARTS) is 1. The molecule has 3 amide bonds. The van der Waals surface area contributed by atoms with Crippen LogP contribution in [-0.2, 0) is 25.7 Å². The van der Waals surface area contributed by atoms with Crippen LogP contribution >= 0.6 is 0 Å². The van der Waals surface area contributed by atoms with E-state index in [0.717, 1.165) is 5.56 Å². The monoisotopic (exact) mass is 379 g/mol. The van der Waals surface area contributed by atoms with Crippen molar-refractivity contribution in [2.75, 3.05) is 13.1 Å². The molecule has 1 aromatic carbocycles. The van der Waals surface area contributed by atoms with Gasteiger partial charge in [0.25, 0.3) is 0 Å². The van der Waals surface area contributed by atoms with E-state index in [0.29, 0.717) is 0 Å². The summed E-state index contributed by atoms with van der Waals surface area (Å²) >= 11 is 0. The normalized spacial score (nSPS) is 11.4. The van der Waals surface area contributed by atoms with Crippen LogP contribution in [0.25, 0.3) is 0 Å². The molecule has 0 heterocycles. The van der Waals surface area contributed by atoms with Crippen LogP contribution in [0.1, 0.15) is 25.8 Å². The number of benzene rings is 1. The van der Waals surface area contributed by atoms with Crippen molar-refractivity contribution >= 4 is 23.9 Å². The number of carboxylic acids is 1. The number of ether oxygens (including phenoxy) is 1. The summed E-state index contributed by atoms with van der Waals surface area (Å²) in [6, 6.07) is 8.03. The Morgan fingerprint density at radius 3 is 2.22 bits per heavy atom. The number of carbonyl (C=O) groups excluding carboxylic acids is 3. The van der Waals surface area contributed by atoms with Crippen molar-refractivity contribution < 1.29 is 29.0 Å². The van der Waals surface area contributed by atoms with Crippen molar-refractivity contribution in [2.45, 2.75) is 32.9 Å². The van der Waals surface area contributed by atoms with Crippen LogP contribution in [0.5, 0.6) is 0 Å². The summed E-state index contributed by atoms with van der Waals surface area (Å²) < 4.78 is 4.95. The smallest absolute Gasteiger partial charge is 0.407 e. The fourth-order valence-corrected chi connectivity index (χ4v) is 2.11. The fraction of sp³-hybridized carbons (Fsp3) is 0.444. The van der Waals surface area contributed by atoms with E-state index in [2.05, 4.69) is 16.0 Å². The first kappa shape index (κ1) is 21.9. The molecule has 0 aliphatic rings. The van der Waals surface area contributed by atoms with Crippen molar-refractivity contribution in [1.82, 2.24) is 16.0 Å². The van der Waals surface area contributed by atoms with Crippen molar-refractivity contribution in [1.29, 1.82) is 0 Å². The Bertz CT molecular complexity index is 648. The number of carbonyl (C=O) groups is 4. The minimum absolute atomic E-state index is 0.0725. The molecule has 1 rings (SSSR count). The third-order valence-electron chi connectivity index (χ3n) is 3.39. The van der Waals surface area contributed by atoms with E-state index in [1.807, 2.05) is 32.0 Å². The van der Waals surface area contributed by atoms with Gasteiger partial charge in [0.1, 0.15) is 19.2 Å². The van der Waals surface area contributed by atoms with Crippen LogP contribution in [0.15, 0.2) is 30.3 Å². The van der Waals surface area contributed by atoms with Gasteiger partial charge in [-0.3, -0.25) is 9.59 Å². The van der Waals surface area contributed by atoms with Gasteiger partial charge >= 0.3 is 12.1 Å². The number of amides is 3. The third-order valence-corrected chi connectivity index (χ3v) is 3.39. The Kier molecular flexibility index (Phi) is 9.35. The molecule has 0 bridgehead atoms. The third kappa shape index (κ3) is 9.83. The number of aliphatic carboxylic acids is 1. The Hall–Kier alpha value is -3.10. The lowest BCUT2D eigenvalue weighted by Crippen LogP contribution is -2.47. The zero-order valence-corrected chi connectivity index (χ0v) is 15.4. The van der Waals surface area contributed by atoms with Gasteiger partial charge in [-0.15, -0.1) is 0 Å². The fourth-order valence-electron chi connectivity index (χ4n) is 2.11. The van der Waals surface area contributed by atoms with E-state index in [-0.39, 0.29) is 32.0 Å². The Labute approximate surface area is 157 Å². The second kappa shape index (κ2) is 11.5. The molecule has 148 valence electrons. The van der Waals surface area contributed by atoms with Gasteiger partial charge in [0.05, 0.1) is 6.54 Å². The van der Waals surface area contributed by atoms with Gasteiger partial charge < -0.3 is 25.8 Å². The number of alkyl carbamates (subject to hydrolysis) is 1. The maximum Gasteiger partial charge on any atom is 0.407 e. The standard InChI is InChI=1S/C18H25N3O6/c1-12(2)8-14(17(24)25)21-16(23)10-19-15(22)9-20-18(26)27-11-13-6-4-3-5-7-13/h3-7,12,14H,8-11H2,1-2H3,(H,19,22)(H,20,26)(H,21,23)(H,24,25). The number of rotatable bonds is 10. The molecule has 0 aliphatic carbocycles. The van der Waals surface area contributed by atoms with E-state index >= 15 is 0 Å². The predicted octanol–water partition coefficient (Wildman–Crippen LogP) is 0.645. The van der Waals surface area contributed by atoms with E-state index in [9.17, 15) is 19.2 Å². The van der Waals surface area contributed by atoms with Gasteiger partial charge in [0, 0.05) is 0 Å². The lowest BCUT2D eigenvalue weighted by molar-refractivity contribution is -0.142. The number of hydrogen-bond donors (Lipinski definition) is 4. The Morgan fingerprint density at radius 2 is 1.63 bits per heavy atom. The average molecular weight is 379 g/mol. The summed E-state index contributed by atoms with van der Waals surface area (Å²) in [5.74, 6) is -2.26. The summed E-state index contributed by atoms with van der Waals surface area (Å²) in [4.78, 5) is 46.0. The molecule has 0 saturated heterocycles. The van der Waals surface area contributed by atoms with Crippen molar-refractivity contribution in [3.05, 3.63) is 35.9 Å². The van der Waals surface area contributed by atoms with Crippen LogP contribution in [0.2, 0.25) is 0 Å². The molecule has 9 nitrogen and oxygen atoms in total. The highest BCUT2D eigenvalue weighted by Crippen LogP contribution is 2.04. The Morgan fingerprint density at radius 1 is 1.00 bits per heavy atom. The molecule has 0 aliphatic heterocycles. The zero-order chi connectivity index (χ0) is 20.2. The quantitative estimate of drug-likeness (QED) is 0.471.